The molecule has 0 bridgehead atoms. The Kier molecular flexibility index (Phi) is 8.24. The van der Waals surface area contributed by atoms with Crippen LogP contribution in [0.1, 0.15) is 52.2 Å². The third kappa shape index (κ3) is 6.43. The smallest absolute Gasteiger partial charge is 0.251 e. The van der Waals surface area contributed by atoms with Crippen LogP contribution < -0.4 is 15.4 Å². The highest BCUT2D eigenvalue weighted by Gasteiger charge is 2.18. The summed E-state index contributed by atoms with van der Waals surface area (Å²) in [6.45, 7) is 2.56. The van der Waals surface area contributed by atoms with Gasteiger partial charge in [-0.3, -0.25) is 9.59 Å². The van der Waals surface area contributed by atoms with Crippen LogP contribution in [0.25, 0.3) is 0 Å². The van der Waals surface area contributed by atoms with Crippen LogP contribution in [0.15, 0.2) is 66.0 Å². The lowest BCUT2D eigenvalue weighted by atomic mass is 10.0. The van der Waals surface area contributed by atoms with Gasteiger partial charge in [0.25, 0.3) is 5.91 Å². The van der Waals surface area contributed by atoms with Crippen molar-refractivity contribution in [1.29, 1.82) is 0 Å². The summed E-state index contributed by atoms with van der Waals surface area (Å²) in [6, 6.07) is 19.2. The van der Waals surface area contributed by atoms with E-state index in [-0.39, 0.29) is 17.9 Å². The van der Waals surface area contributed by atoms with Gasteiger partial charge in [-0.1, -0.05) is 37.3 Å². The van der Waals surface area contributed by atoms with Crippen molar-refractivity contribution in [2.24, 2.45) is 0 Å². The van der Waals surface area contributed by atoms with Gasteiger partial charge in [0.2, 0.25) is 5.91 Å². The molecule has 0 spiro atoms. The molecule has 0 aliphatic carbocycles. The molecule has 162 valence electrons. The first-order chi connectivity index (χ1) is 15.1. The first-order valence-corrected chi connectivity index (χ1v) is 11.3. The molecule has 0 radical (unpaired) electrons. The van der Waals surface area contributed by atoms with Gasteiger partial charge in [0, 0.05) is 23.4 Å². The predicted molar refractivity (Wildman–Crippen MR) is 125 cm³/mol. The molecule has 6 heteroatoms. The van der Waals surface area contributed by atoms with Crippen molar-refractivity contribution in [2.75, 3.05) is 13.7 Å². The van der Waals surface area contributed by atoms with Crippen molar-refractivity contribution in [2.45, 2.75) is 32.2 Å². The molecule has 3 aromatic rings. The number of carbonyl (C=O) groups excluding carboxylic acids is 2. The summed E-state index contributed by atoms with van der Waals surface area (Å²) >= 11 is 1.63. The second kappa shape index (κ2) is 11.3. The van der Waals surface area contributed by atoms with Crippen molar-refractivity contribution in [3.05, 3.63) is 87.6 Å². The van der Waals surface area contributed by atoms with E-state index < -0.39 is 0 Å². The zero-order valence-corrected chi connectivity index (χ0v) is 18.7. The molecule has 1 unspecified atom stereocenters. The van der Waals surface area contributed by atoms with Crippen LogP contribution in [0.2, 0.25) is 0 Å². The molecule has 0 aliphatic heterocycles. The molecule has 1 atom stereocenters. The van der Waals surface area contributed by atoms with Crippen LogP contribution >= 0.6 is 11.3 Å². The quantitative estimate of drug-likeness (QED) is 0.451. The fourth-order valence-electron chi connectivity index (χ4n) is 3.25. The molecule has 1 aromatic heterocycles. The minimum absolute atomic E-state index is 0.0309. The number of methoxy groups -OCH3 is 1. The Labute approximate surface area is 187 Å². The maximum Gasteiger partial charge on any atom is 0.251 e. The lowest BCUT2D eigenvalue weighted by molar-refractivity contribution is -0.121. The number of thiophene rings is 1. The average Bonchev–Trinajstić information content (AvgIpc) is 3.35. The normalized spacial score (nSPS) is 11.5. The van der Waals surface area contributed by atoms with E-state index in [0.717, 1.165) is 16.9 Å². The van der Waals surface area contributed by atoms with E-state index in [0.29, 0.717) is 30.7 Å². The molecule has 0 saturated heterocycles. The van der Waals surface area contributed by atoms with Crippen LogP contribution in [0.5, 0.6) is 5.75 Å². The van der Waals surface area contributed by atoms with Gasteiger partial charge >= 0.3 is 0 Å². The molecule has 31 heavy (non-hydrogen) atoms. The van der Waals surface area contributed by atoms with Crippen molar-refractivity contribution >= 4 is 23.2 Å². The van der Waals surface area contributed by atoms with Crippen LogP contribution in [0.3, 0.4) is 0 Å². The van der Waals surface area contributed by atoms with Gasteiger partial charge in [-0.05, 0) is 59.7 Å². The number of nitrogens with one attached hydrogen (secondary N) is 2. The number of benzene rings is 2. The van der Waals surface area contributed by atoms with Crippen LogP contribution in [-0.2, 0) is 11.2 Å². The van der Waals surface area contributed by atoms with E-state index in [1.54, 1.807) is 42.7 Å². The molecular weight excluding hydrogens is 408 g/mol. The van der Waals surface area contributed by atoms with E-state index >= 15 is 0 Å². The van der Waals surface area contributed by atoms with E-state index in [1.807, 2.05) is 17.5 Å². The summed E-state index contributed by atoms with van der Waals surface area (Å²) in [5.41, 5.74) is 2.91. The lowest BCUT2D eigenvalue weighted by Gasteiger charge is -2.18. The van der Waals surface area contributed by atoms with Gasteiger partial charge in [-0.25, -0.2) is 0 Å². The standard InChI is InChI=1S/C25H28N2O3S/c1-3-18-8-10-19(11-9-18)24(22-6-5-17-31-22)27-23(28)7-4-16-26-25(29)20-12-14-21(30-2)15-13-20/h5-6,8-15,17,24H,3-4,7,16H2,1-2H3,(H,26,29)(H,27,28). The van der Waals surface area contributed by atoms with Gasteiger partial charge in [-0.15, -0.1) is 11.3 Å². The van der Waals surface area contributed by atoms with Gasteiger partial charge in [-0.2, -0.15) is 0 Å². The van der Waals surface area contributed by atoms with Crippen LogP contribution in [0, 0.1) is 0 Å². The Balaban J connectivity index is 1.50. The summed E-state index contributed by atoms with van der Waals surface area (Å²) < 4.78 is 5.10. The fourth-order valence-corrected chi connectivity index (χ4v) is 4.05. The molecule has 5 nitrogen and oxygen atoms in total. The second-order valence-corrected chi connectivity index (χ2v) is 8.18. The maximum absolute atomic E-state index is 12.6. The minimum atomic E-state index is -0.160. The second-order valence-electron chi connectivity index (χ2n) is 7.20. The van der Waals surface area contributed by atoms with Crippen molar-refractivity contribution in [3.8, 4) is 5.75 Å². The van der Waals surface area contributed by atoms with E-state index in [1.165, 1.54) is 5.56 Å². The number of aryl methyl sites for hydroxylation is 1. The van der Waals surface area contributed by atoms with Crippen molar-refractivity contribution in [1.82, 2.24) is 10.6 Å². The first kappa shape index (κ1) is 22.6. The van der Waals surface area contributed by atoms with Crippen LogP contribution in [0.4, 0.5) is 0 Å². The predicted octanol–water partition coefficient (Wildman–Crippen LogP) is 4.73. The third-order valence-corrected chi connectivity index (χ3v) is 6.01. The highest BCUT2D eigenvalue weighted by Crippen LogP contribution is 2.26. The maximum atomic E-state index is 12.6. The number of amides is 2. The molecule has 2 amide bonds. The average molecular weight is 437 g/mol. The zero-order chi connectivity index (χ0) is 22.1. The topological polar surface area (TPSA) is 67.4 Å². The summed E-state index contributed by atoms with van der Waals surface area (Å²) in [6.07, 6.45) is 1.90. The molecule has 0 saturated carbocycles. The van der Waals surface area contributed by atoms with Crippen molar-refractivity contribution in [3.63, 3.8) is 0 Å². The molecular formula is C25H28N2O3S. The molecule has 2 aromatic carbocycles. The molecule has 0 fully saturated rings. The Bertz CT molecular complexity index is 967. The summed E-state index contributed by atoms with van der Waals surface area (Å²) in [7, 11) is 1.59. The number of ether oxygens (including phenoxy) is 1. The third-order valence-electron chi connectivity index (χ3n) is 5.07. The Morgan fingerprint density at radius 3 is 2.39 bits per heavy atom. The highest BCUT2D eigenvalue weighted by molar-refractivity contribution is 7.10. The number of hydrogen-bond acceptors (Lipinski definition) is 4. The summed E-state index contributed by atoms with van der Waals surface area (Å²) in [5.74, 6) is 0.519. The molecule has 3 rings (SSSR count). The zero-order valence-electron chi connectivity index (χ0n) is 17.9. The molecule has 1 heterocycles. The van der Waals surface area contributed by atoms with Gasteiger partial charge in [0.1, 0.15) is 5.75 Å². The molecule has 2 N–H and O–H groups in total. The van der Waals surface area contributed by atoms with Gasteiger partial charge in [0.05, 0.1) is 13.2 Å². The van der Waals surface area contributed by atoms with E-state index in [4.69, 9.17) is 4.74 Å². The summed E-state index contributed by atoms with van der Waals surface area (Å²) in [4.78, 5) is 25.9. The number of carbonyl (C=O) groups is 2. The Morgan fingerprint density at radius 1 is 1.03 bits per heavy atom. The first-order valence-electron chi connectivity index (χ1n) is 10.4. The Morgan fingerprint density at radius 2 is 1.77 bits per heavy atom. The molecule has 0 aliphatic rings. The fraction of sp³-hybridized carbons (Fsp3) is 0.280. The van der Waals surface area contributed by atoms with E-state index in [9.17, 15) is 9.59 Å². The number of hydrogen-bond donors (Lipinski definition) is 2. The lowest BCUT2D eigenvalue weighted by Crippen LogP contribution is -2.30. The van der Waals surface area contributed by atoms with Gasteiger partial charge in [0.15, 0.2) is 0 Å². The SMILES string of the molecule is CCc1ccc(C(NC(=O)CCCNC(=O)c2ccc(OC)cc2)c2cccs2)cc1. The number of rotatable bonds is 10. The minimum Gasteiger partial charge on any atom is -0.497 e. The van der Waals surface area contributed by atoms with Crippen LogP contribution in [-0.4, -0.2) is 25.5 Å². The Hall–Kier alpha value is -3.12. The summed E-state index contributed by atoms with van der Waals surface area (Å²) in [5, 5.41) is 8.03. The highest BCUT2D eigenvalue weighted by atomic mass is 32.1. The van der Waals surface area contributed by atoms with E-state index in [2.05, 4.69) is 41.8 Å². The van der Waals surface area contributed by atoms with Crippen molar-refractivity contribution < 1.29 is 14.3 Å². The van der Waals surface area contributed by atoms with Gasteiger partial charge < -0.3 is 15.4 Å². The monoisotopic (exact) mass is 436 g/mol. The largest absolute Gasteiger partial charge is 0.497 e.